The van der Waals surface area contributed by atoms with Crippen LogP contribution in [0.15, 0.2) is 6.33 Å². The molecule has 0 saturated heterocycles. The number of aryl methyl sites for hydroxylation is 1. The Morgan fingerprint density at radius 3 is 2.72 bits per heavy atom. The van der Waals surface area contributed by atoms with Crippen molar-refractivity contribution in [1.29, 1.82) is 0 Å². The summed E-state index contributed by atoms with van der Waals surface area (Å²) in [6.07, 6.45) is -0.408. The van der Waals surface area contributed by atoms with Crippen LogP contribution in [0.3, 0.4) is 0 Å². The van der Waals surface area contributed by atoms with E-state index in [4.69, 9.17) is 0 Å². The molecule has 1 aromatic rings. The van der Waals surface area contributed by atoms with Crippen molar-refractivity contribution < 1.29 is 13.2 Å². The minimum absolute atomic E-state index is 0.222. The quantitative estimate of drug-likeness (QED) is 0.906. The molecule has 1 fully saturated rings. The van der Waals surface area contributed by atoms with Crippen molar-refractivity contribution in [2.24, 2.45) is 13.0 Å². The molecular formula is C11H17F3N4. The standard InChI is InChI=1S/C11H17F3N4/c1-18-10(16-7-17-18)6-15-9-5-3-2-4-8(9)11(12,13)14/h7-9,15H,2-6H2,1H3/t8-,9+/m0/s1. The van der Waals surface area contributed by atoms with Crippen LogP contribution >= 0.6 is 0 Å². The van der Waals surface area contributed by atoms with Gasteiger partial charge in [0, 0.05) is 13.1 Å². The third-order valence-corrected chi connectivity index (χ3v) is 3.51. The molecule has 2 rings (SSSR count). The van der Waals surface area contributed by atoms with Crippen LogP contribution in [0.1, 0.15) is 31.5 Å². The summed E-state index contributed by atoms with van der Waals surface area (Å²) < 4.78 is 40.2. The van der Waals surface area contributed by atoms with Gasteiger partial charge in [-0.2, -0.15) is 18.3 Å². The molecule has 1 aliphatic rings. The van der Waals surface area contributed by atoms with Crippen molar-refractivity contribution >= 4 is 0 Å². The van der Waals surface area contributed by atoms with E-state index < -0.39 is 18.1 Å². The largest absolute Gasteiger partial charge is 0.393 e. The average Bonchev–Trinajstić information content (AvgIpc) is 2.71. The zero-order valence-corrected chi connectivity index (χ0v) is 10.2. The number of aromatic nitrogens is 3. The second kappa shape index (κ2) is 5.26. The van der Waals surface area contributed by atoms with Gasteiger partial charge >= 0.3 is 6.18 Å². The predicted molar refractivity (Wildman–Crippen MR) is 59.6 cm³/mol. The second-order valence-electron chi connectivity index (χ2n) is 4.72. The van der Waals surface area contributed by atoms with Gasteiger partial charge < -0.3 is 5.32 Å². The number of nitrogens with one attached hydrogen (secondary N) is 1. The van der Waals surface area contributed by atoms with Crippen molar-refractivity contribution in [2.45, 2.75) is 44.4 Å². The third-order valence-electron chi connectivity index (χ3n) is 3.51. The van der Waals surface area contributed by atoms with E-state index >= 15 is 0 Å². The van der Waals surface area contributed by atoms with Crippen LogP contribution in [0.2, 0.25) is 0 Å². The van der Waals surface area contributed by atoms with E-state index in [1.807, 2.05) is 0 Å². The molecule has 0 unspecified atom stereocenters. The van der Waals surface area contributed by atoms with Gasteiger partial charge in [-0.3, -0.25) is 4.68 Å². The number of alkyl halides is 3. The fourth-order valence-electron chi connectivity index (χ4n) is 2.47. The molecule has 1 saturated carbocycles. The summed E-state index contributed by atoms with van der Waals surface area (Å²) >= 11 is 0. The Kier molecular flexibility index (Phi) is 3.89. The predicted octanol–water partition coefficient (Wildman–Crippen LogP) is 2.03. The Bertz CT molecular complexity index is 388. The molecule has 4 nitrogen and oxygen atoms in total. The number of halogens is 3. The first-order valence-electron chi connectivity index (χ1n) is 6.11. The molecule has 102 valence electrons. The monoisotopic (exact) mass is 262 g/mol. The lowest BCUT2D eigenvalue weighted by Gasteiger charge is -2.33. The van der Waals surface area contributed by atoms with Crippen LogP contribution in [0.4, 0.5) is 13.2 Å². The van der Waals surface area contributed by atoms with Gasteiger partial charge in [0.05, 0.1) is 12.5 Å². The van der Waals surface area contributed by atoms with Gasteiger partial charge in [-0.15, -0.1) is 0 Å². The molecule has 18 heavy (non-hydrogen) atoms. The van der Waals surface area contributed by atoms with E-state index in [-0.39, 0.29) is 6.42 Å². The Hall–Kier alpha value is -1.11. The zero-order valence-electron chi connectivity index (χ0n) is 10.2. The molecule has 0 spiro atoms. The molecular weight excluding hydrogens is 245 g/mol. The van der Waals surface area contributed by atoms with E-state index in [9.17, 15) is 13.2 Å². The molecule has 0 amide bonds. The maximum Gasteiger partial charge on any atom is 0.393 e. The van der Waals surface area contributed by atoms with Crippen molar-refractivity contribution in [3.63, 3.8) is 0 Å². The molecule has 0 radical (unpaired) electrons. The maximum atomic E-state index is 12.9. The minimum atomic E-state index is -4.11. The smallest absolute Gasteiger partial charge is 0.306 e. The highest BCUT2D eigenvalue weighted by atomic mass is 19.4. The minimum Gasteiger partial charge on any atom is -0.306 e. The lowest BCUT2D eigenvalue weighted by Crippen LogP contribution is -2.45. The van der Waals surface area contributed by atoms with E-state index in [0.29, 0.717) is 25.2 Å². The second-order valence-corrected chi connectivity index (χ2v) is 4.72. The van der Waals surface area contributed by atoms with Crippen molar-refractivity contribution in [2.75, 3.05) is 0 Å². The summed E-state index contributed by atoms with van der Waals surface area (Å²) in [4.78, 5) is 4.00. The van der Waals surface area contributed by atoms with Gasteiger partial charge in [-0.25, -0.2) is 4.98 Å². The Labute approximate surface area is 104 Å². The molecule has 7 heteroatoms. The van der Waals surface area contributed by atoms with Crippen LogP contribution in [0.25, 0.3) is 0 Å². The normalized spacial score (nSPS) is 25.3. The number of hydrogen-bond donors (Lipinski definition) is 1. The number of nitrogens with zero attached hydrogens (tertiary/aromatic N) is 3. The molecule has 1 aromatic heterocycles. The summed E-state index contributed by atoms with van der Waals surface area (Å²) in [5, 5.41) is 6.87. The van der Waals surface area contributed by atoms with Gasteiger partial charge in [0.1, 0.15) is 12.2 Å². The molecule has 1 heterocycles. The highest BCUT2D eigenvalue weighted by molar-refractivity contribution is 4.89. The fraction of sp³-hybridized carbons (Fsp3) is 0.818. The Balaban J connectivity index is 1.96. The fourth-order valence-corrected chi connectivity index (χ4v) is 2.47. The molecule has 0 aliphatic heterocycles. The first-order valence-corrected chi connectivity index (χ1v) is 6.11. The van der Waals surface area contributed by atoms with Crippen LogP contribution in [0.5, 0.6) is 0 Å². The molecule has 2 atom stereocenters. The topological polar surface area (TPSA) is 42.7 Å². The van der Waals surface area contributed by atoms with Crippen molar-refractivity contribution in [3.8, 4) is 0 Å². The van der Waals surface area contributed by atoms with E-state index in [1.165, 1.54) is 6.33 Å². The summed E-state index contributed by atoms with van der Waals surface area (Å²) in [7, 11) is 1.73. The average molecular weight is 262 g/mol. The van der Waals surface area contributed by atoms with Crippen LogP contribution < -0.4 is 5.32 Å². The first kappa shape index (κ1) is 13.3. The van der Waals surface area contributed by atoms with Crippen molar-refractivity contribution in [3.05, 3.63) is 12.2 Å². The van der Waals surface area contributed by atoms with Crippen LogP contribution in [-0.4, -0.2) is 27.0 Å². The highest BCUT2D eigenvalue weighted by Crippen LogP contribution is 2.37. The third kappa shape index (κ3) is 3.01. The van der Waals surface area contributed by atoms with Gasteiger partial charge in [-0.05, 0) is 12.8 Å². The van der Waals surface area contributed by atoms with Crippen molar-refractivity contribution in [1.82, 2.24) is 20.1 Å². The zero-order chi connectivity index (χ0) is 13.2. The Morgan fingerprint density at radius 2 is 2.11 bits per heavy atom. The number of rotatable bonds is 3. The van der Waals surface area contributed by atoms with E-state index in [0.717, 1.165) is 6.42 Å². The lowest BCUT2D eigenvalue weighted by atomic mass is 9.84. The summed E-state index contributed by atoms with van der Waals surface area (Å²) in [6.45, 7) is 0.327. The first-order chi connectivity index (χ1) is 8.48. The van der Waals surface area contributed by atoms with E-state index in [1.54, 1.807) is 11.7 Å². The van der Waals surface area contributed by atoms with Crippen LogP contribution in [-0.2, 0) is 13.6 Å². The number of hydrogen-bond acceptors (Lipinski definition) is 3. The molecule has 1 N–H and O–H groups in total. The van der Waals surface area contributed by atoms with Gasteiger partial charge in [-0.1, -0.05) is 12.8 Å². The van der Waals surface area contributed by atoms with E-state index in [2.05, 4.69) is 15.4 Å². The summed E-state index contributed by atoms with van der Waals surface area (Å²) in [5.41, 5.74) is 0. The van der Waals surface area contributed by atoms with Gasteiger partial charge in [0.25, 0.3) is 0 Å². The maximum absolute atomic E-state index is 12.9. The lowest BCUT2D eigenvalue weighted by molar-refractivity contribution is -0.189. The van der Waals surface area contributed by atoms with Gasteiger partial charge in [0.2, 0.25) is 0 Å². The van der Waals surface area contributed by atoms with Crippen LogP contribution in [0, 0.1) is 5.92 Å². The SMILES string of the molecule is Cn1ncnc1CN[C@@H]1CCCC[C@@H]1C(F)(F)F. The molecule has 0 aromatic carbocycles. The highest BCUT2D eigenvalue weighted by Gasteiger charge is 2.45. The molecule has 1 aliphatic carbocycles. The molecule has 0 bridgehead atoms. The van der Waals surface area contributed by atoms with Gasteiger partial charge in [0.15, 0.2) is 0 Å². The summed E-state index contributed by atoms with van der Waals surface area (Å²) in [5.74, 6) is -0.582. The summed E-state index contributed by atoms with van der Waals surface area (Å²) in [6, 6.07) is -0.504. The Morgan fingerprint density at radius 1 is 1.39 bits per heavy atom.